The first kappa shape index (κ1) is 27.9. The van der Waals surface area contributed by atoms with Gasteiger partial charge < -0.3 is 24.3 Å². The summed E-state index contributed by atoms with van der Waals surface area (Å²) in [5.74, 6) is 2.66. The number of aromatic nitrogens is 4. The number of ketones is 1. The van der Waals surface area contributed by atoms with E-state index in [2.05, 4.69) is 5.32 Å². The summed E-state index contributed by atoms with van der Waals surface area (Å²) < 4.78 is 23.7. The molecule has 1 aliphatic heterocycles. The number of Topliss-reactive ketones (excluding diaryl/α,β-unsaturated/α-hetero) is 1. The van der Waals surface area contributed by atoms with E-state index in [0.717, 1.165) is 5.56 Å². The van der Waals surface area contributed by atoms with Crippen molar-refractivity contribution < 1.29 is 28.5 Å². The van der Waals surface area contributed by atoms with Crippen LogP contribution in [0.15, 0.2) is 36.4 Å². The molecule has 2 aromatic carbocycles. The van der Waals surface area contributed by atoms with Crippen molar-refractivity contribution in [3.05, 3.63) is 47.8 Å². The molecule has 1 aliphatic rings. The number of nitrogens with one attached hydrogen (secondary N) is 1. The van der Waals surface area contributed by atoms with Crippen molar-refractivity contribution in [1.82, 2.24) is 24.5 Å². The van der Waals surface area contributed by atoms with E-state index < -0.39 is 17.7 Å². The van der Waals surface area contributed by atoms with Crippen molar-refractivity contribution in [3.8, 4) is 17.2 Å². The number of amides is 1. The Balaban J connectivity index is 1.59. The fourth-order valence-corrected chi connectivity index (χ4v) is 4.81. The van der Waals surface area contributed by atoms with Crippen molar-refractivity contribution in [2.45, 2.75) is 51.8 Å². The number of nitrogens with zero attached hydrogens (tertiary/aromatic N) is 5. The number of hydrogen-bond donors (Lipinski definition) is 1. The summed E-state index contributed by atoms with van der Waals surface area (Å²) in [5, 5.41) is 8.83. The number of likely N-dealkylation sites (tertiary alicyclic amines) is 1. The first-order valence-corrected chi connectivity index (χ1v) is 13.3. The molecule has 3 heterocycles. The molecule has 0 unspecified atom stereocenters. The molecule has 1 amide bonds. The predicted octanol–water partition coefficient (Wildman–Crippen LogP) is 4.56. The average Bonchev–Trinajstić information content (AvgIpc) is 3.40. The van der Waals surface area contributed by atoms with E-state index in [1.54, 1.807) is 46.6 Å². The van der Waals surface area contributed by atoms with Gasteiger partial charge in [-0.3, -0.25) is 9.69 Å². The highest BCUT2D eigenvalue weighted by molar-refractivity contribution is 5.96. The second-order valence-electron chi connectivity index (χ2n) is 10.7. The minimum absolute atomic E-state index is 0.0308. The van der Waals surface area contributed by atoms with Gasteiger partial charge in [-0.1, -0.05) is 6.07 Å². The number of carbonyl (C=O) groups excluding carboxylic acids is 2. The molecule has 1 fully saturated rings. The second kappa shape index (κ2) is 11.1. The predicted molar refractivity (Wildman–Crippen MR) is 152 cm³/mol. The number of rotatable bonds is 7. The fourth-order valence-electron chi connectivity index (χ4n) is 4.81. The minimum atomic E-state index is -0.689. The third kappa shape index (κ3) is 5.67. The van der Waals surface area contributed by atoms with Crippen LogP contribution >= 0.6 is 0 Å². The van der Waals surface area contributed by atoms with Gasteiger partial charge in [0, 0.05) is 42.9 Å². The lowest BCUT2D eigenvalue weighted by molar-refractivity contribution is -0.123. The van der Waals surface area contributed by atoms with Crippen molar-refractivity contribution in [2.75, 3.05) is 33.2 Å². The minimum Gasteiger partial charge on any atom is -0.497 e. The van der Waals surface area contributed by atoms with Crippen molar-refractivity contribution in [3.63, 3.8) is 0 Å². The molecule has 5 rings (SSSR count). The fraction of sp³-hybridized carbons (Fsp3) is 0.414. The smallest absolute Gasteiger partial charge is 0.410 e. The van der Waals surface area contributed by atoms with Gasteiger partial charge in [-0.25, -0.2) is 14.8 Å². The lowest BCUT2D eigenvalue weighted by Crippen LogP contribution is -2.44. The molecule has 41 heavy (non-hydrogen) atoms. The van der Waals surface area contributed by atoms with Crippen LogP contribution in [0.4, 0.5) is 10.7 Å². The maximum absolute atomic E-state index is 13.1. The SMILES string of the molecule is COc1ccc(CNc2nc3c(OC)cccc3c3nc([C@H]4CC(=O)CCN4C(=O)OC(C)(C)C)nn23)c(OC)c1. The highest BCUT2D eigenvalue weighted by Crippen LogP contribution is 2.33. The second-order valence-corrected chi connectivity index (χ2v) is 10.7. The topological polar surface area (TPSA) is 129 Å². The van der Waals surface area contributed by atoms with Crippen molar-refractivity contribution in [2.24, 2.45) is 0 Å². The van der Waals surface area contributed by atoms with Gasteiger partial charge in [0.25, 0.3) is 0 Å². The molecular formula is C29H34N6O6. The molecule has 0 aliphatic carbocycles. The van der Waals surface area contributed by atoms with Crippen LogP contribution in [-0.2, 0) is 16.1 Å². The maximum Gasteiger partial charge on any atom is 0.410 e. The number of hydrogen-bond acceptors (Lipinski definition) is 10. The number of ether oxygens (including phenoxy) is 4. The van der Waals surface area contributed by atoms with Gasteiger partial charge in [0.05, 0.1) is 21.3 Å². The maximum atomic E-state index is 13.1. The van der Waals surface area contributed by atoms with Crippen molar-refractivity contribution >= 4 is 34.4 Å². The Bertz CT molecular complexity index is 1610. The molecule has 0 saturated carbocycles. The number of piperidine rings is 1. The normalized spacial score (nSPS) is 15.7. The molecule has 2 aromatic heterocycles. The van der Waals surface area contributed by atoms with Gasteiger partial charge in [0.15, 0.2) is 11.5 Å². The highest BCUT2D eigenvalue weighted by Gasteiger charge is 2.37. The van der Waals surface area contributed by atoms with Crippen LogP contribution in [0.2, 0.25) is 0 Å². The average molecular weight is 563 g/mol. The van der Waals surface area contributed by atoms with Crippen LogP contribution in [0.5, 0.6) is 17.2 Å². The van der Waals surface area contributed by atoms with E-state index in [1.807, 2.05) is 36.4 Å². The zero-order valence-electron chi connectivity index (χ0n) is 24.1. The molecule has 1 N–H and O–H groups in total. The van der Waals surface area contributed by atoms with Gasteiger partial charge >= 0.3 is 6.09 Å². The molecule has 216 valence electrons. The third-order valence-electron chi connectivity index (χ3n) is 6.79. The highest BCUT2D eigenvalue weighted by atomic mass is 16.6. The molecular weight excluding hydrogens is 528 g/mol. The first-order valence-electron chi connectivity index (χ1n) is 13.3. The monoisotopic (exact) mass is 562 g/mol. The summed E-state index contributed by atoms with van der Waals surface area (Å²) >= 11 is 0. The number of carbonyl (C=O) groups is 2. The quantitative estimate of drug-likeness (QED) is 0.342. The third-order valence-corrected chi connectivity index (χ3v) is 6.79. The lowest BCUT2D eigenvalue weighted by atomic mass is 10.0. The Morgan fingerprint density at radius 1 is 1.05 bits per heavy atom. The Kier molecular flexibility index (Phi) is 7.57. The van der Waals surface area contributed by atoms with Crippen LogP contribution in [0, 0.1) is 0 Å². The van der Waals surface area contributed by atoms with E-state index in [9.17, 15) is 9.59 Å². The summed E-state index contributed by atoms with van der Waals surface area (Å²) in [6, 6.07) is 10.4. The first-order chi connectivity index (χ1) is 19.6. The van der Waals surface area contributed by atoms with Crippen LogP contribution < -0.4 is 19.5 Å². The van der Waals surface area contributed by atoms with E-state index in [0.29, 0.717) is 52.1 Å². The number of methoxy groups -OCH3 is 3. The van der Waals surface area contributed by atoms with E-state index in [1.165, 1.54) is 4.90 Å². The number of para-hydroxylation sites is 1. The van der Waals surface area contributed by atoms with Crippen LogP contribution in [0.3, 0.4) is 0 Å². The molecule has 0 radical (unpaired) electrons. The largest absolute Gasteiger partial charge is 0.497 e. The number of fused-ring (bicyclic) bond motifs is 3. The Morgan fingerprint density at radius 2 is 1.83 bits per heavy atom. The summed E-state index contributed by atoms with van der Waals surface area (Å²) in [6.07, 6.45) is -0.166. The molecule has 1 saturated heterocycles. The number of benzene rings is 2. The molecule has 0 bridgehead atoms. The summed E-state index contributed by atoms with van der Waals surface area (Å²) in [4.78, 5) is 36.9. The van der Waals surface area contributed by atoms with Gasteiger partial charge in [-0.2, -0.15) is 4.52 Å². The van der Waals surface area contributed by atoms with Crippen LogP contribution in [0.1, 0.15) is 51.0 Å². The number of anilines is 1. The van der Waals surface area contributed by atoms with Crippen molar-refractivity contribution in [1.29, 1.82) is 0 Å². The molecule has 12 heteroatoms. The Morgan fingerprint density at radius 3 is 2.54 bits per heavy atom. The standard InChI is InChI=1S/C29H34N6O6/c1-29(2,3)41-28(37)34-13-12-18(36)14-21(34)25-32-26-20-8-7-9-22(39-5)24(20)31-27(35(26)33-25)30-16-17-10-11-19(38-4)15-23(17)40-6/h7-11,15,21H,12-14,16H2,1-6H3,(H,30,31)/t21-/m1/s1. The van der Waals surface area contributed by atoms with Gasteiger partial charge in [-0.15, -0.1) is 5.10 Å². The molecule has 4 aromatic rings. The zero-order valence-corrected chi connectivity index (χ0v) is 24.1. The van der Waals surface area contributed by atoms with Gasteiger partial charge in [0.2, 0.25) is 5.95 Å². The molecule has 12 nitrogen and oxygen atoms in total. The van der Waals surface area contributed by atoms with Crippen LogP contribution in [0.25, 0.3) is 16.6 Å². The summed E-state index contributed by atoms with van der Waals surface area (Å²) in [6.45, 7) is 6.00. The zero-order chi connectivity index (χ0) is 29.3. The van der Waals surface area contributed by atoms with Crippen LogP contribution in [-0.4, -0.2) is 69.8 Å². The van der Waals surface area contributed by atoms with Gasteiger partial charge in [-0.05, 0) is 45.0 Å². The van der Waals surface area contributed by atoms with Gasteiger partial charge in [0.1, 0.15) is 40.2 Å². The van der Waals surface area contributed by atoms with E-state index in [4.69, 9.17) is 34.0 Å². The lowest BCUT2D eigenvalue weighted by Gasteiger charge is -2.34. The van der Waals surface area contributed by atoms with E-state index in [-0.39, 0.29) is 25.2 Å². The summed E-state index contributed by atoms with van der Waals surface area (Å²) in [5.41, 5.74) is 1.29. The molecule has 0 spiro atoms. The summed E-state index contributed by atoms with van der Waals surface area (Å²) in [7, 11) is 4.78. The Labute approximate surface area is 237 Å². The Hall–Kier alpha value is -4.61. The molecule has 1 atom stereocenters. The van der Waals surface area contributed by atoms with E-state index >= 15 is 0 Å².